The zero-order valence-electron chi connectivity index (χ0n) is 14.6. The van der Waals surface area contributed by atoms with Crippen molar-refractivity contribution in [1.82, 2.24) is 10.2 Å². The molecule has 1 heterocycles. The highest BCUT2D eigenvalue weighted by Gasteiger charge is 2.36. The second-order valence-corrected chi connectivity index (χ2v) is 6.25. The molecular weight excluding hydrogens is 322 g/mol. The Morgan fingerprint density at radius 2 is 2.00 bits per heavy atom. The summed E-state index contributed by atoms with van der Waals surface area (Å²) >= 11 is 0. The van der Waals surface area contributed by atoms with Gasteiger partial charge in [-0.15, -0.1) is 0 Å². The molecule has 0 aliphatic carbocycles. The van der Waals surface area contributed by atoms with Crippen LogP contribution < -0.4 is 11.1 Å². The molecule has 0 radical (unpaired) electrons. The number of carbonyl (C=O) groups excluding carboxylic acids is 3. The Labute approximate surface area is 147 Å². The molecule has 136 valence electrons. The van der Waals surface area contributed by atoms with Crippen molar-refractivity contribution in [3.63, 3.8) is 0 Å². The lowest BCUT2D eigenvalue weighted by atomic mass is 10.1. The van der Waals surface area contributed by atoms with Gasteiger partial charge in [0.1, 0.15) is 12.1 Å². The van der Waals surface area contributed by atoms with Gasteiger partial charge in [0.25, 0.3) is 0 Å². The molecule has 1 saturated heterocycles. The topological polar surface area (TPSA) is 102 Å². The molecule has 1 aliphatic heterocycles. The van der Waals surface area contributed by atoms with Crippen molar-refractivity contribution in [3.05, 3.63) is 35.9 Å². The van der Waals surface area contributed by atoms with Crippen molar-refractivity contribution in [2.24, 2.45) is 5.73 Å². The summed E-state index contributed by atoms with van der Waals surface area (Å²) in [6.07, 6.45) is 1.62. The highest BCUT2D eigenvalue weighted by Crippen LogP contribution is 2.18. The van der Waals surface area contributed by atoms with Crippen molar-refractivity contribution in [2.45, 2.75) is 44.3 Å². The number of benzene rings is 1. The quantitative estimate of drug-likeness (QED) is 0.717. The van der Waals surface area contributed by atoms with Crippen LogP contribution in [0, 0.1) is 0 Å². The van der Waals surface area contributed by atoms with Crippen LogP contribution in [0.25, 0.3) is 0 Å². The van der Waals surface area contributed by atoms with Crippen molar-refractivity contribution in [3.8, 4) is 0 Å². The van der Waals surface area contributed by atoms with E-state index in [1.807, 2.05) is 30.3 Å². The Balaban J connectivity index is 2.08. The molecule has 25 heavy (non-hydrogen) atoms. The minimum Gasteiger partial charge on any atom is -0.467 e. The normalized spacial score (nSPS) is 19.2. The molecule has 3 N–H and O–H groups in total. The third-order valence-electron chi connectivity index (χ3n) is 4.31. The van der Waals surface area contributed by atoms with Crippen LogP contribution in [0.3, 0.4) is 0 Å². The molecule has 2 rings (SSSR count). The summed E-state index contributed by atoms with van der Waals surface area (Å²) in [6.45, 7) is 2.10. The largest absolute Gasteiger partial charge is 0.467 e. The molecular formula is C18H25N3O4. The van der Waals surface area contributed by atoms with Crippen LogP contribution in [0.4, 0.5) is 0 Å². The Hall–Kier alpha value is -2.41. The van der Waals surface area contributed by atoms with E-state index in [4.69, 9.17) is 10.5 Å². The van der Waals surface area contributed by atoms with E-state index in [-0.39, 0.29) is 11.8 Å². The van der Waals surface area contributed by atoms with E-state index < -0.39 is 24.1 Å². The van der Waals surface area contributed by atoms with Gasteiger partial charge in [-0.2, -0.15) is 0 Å². The van der Waals surface area contributed by atoms with Gasteiger partial charge in [-0.05, 0) is 25.3 Å². The smallest absolute Gasteiger partial charge is 0.328 e. The first-order valence-corrected chi connectivity index (χ1v) is 8.42. The van der Waals surface area contributed by atoms with E-state index in [2.05, 4.69) is 5.32 Å². The van der Waals surface area contributed by atoms with Gasteiger partial charge in [-0.25, -0.2) is 4.79 Å². The van der Waals surface area contributed by atoms with E-state index in [9.17, 15) is 14.4 Å². The summed E-state index contributed by atoms with van der Waals surface area (Å²) in [4.78, 5) is 38.4. The van der Waals surface area contributed by atoms with Gasteiger partial charge in [0.2, 0.25) is 11.8 Å². The molecule has 1 aromatic rings. The van der Waals surface area contributed by atoms with E-state index in [0.29, 0.717) is 19.4 Å². The predicted octanol–water partition coefficient (Wildman–Crippen LogP) is 0.225. The first-order valence-electron chi connectivity index (χ1n) is 8.42. The molecule has 1 fully saturated rings. The fourth-order valence-electron chi connectivity index (χ4n) is 3.02. The molecule has 1 aromatic carbocycles. The fourth-order valence-corrected chi connectivity index (χ4v) is 3.02. The van der Waals surface area contributed by atoms with Gasteiger partial charge < -0.3 is 20.7 Å². The van der Waals surface area contributed by atoms with Crippen LogP contribution in [0.1, 0.15) is 25.3 Å². The first-order chi connectivity index (χ1) is 11.9. The zero-order valence-corrected chi connectivity index (χ0v) is 14.6. The minimum atomic E-state index is -0.798. The predicted molar refractivity (Wildman–Crippen MR) is 92.5 cm³/mol. The maximum absolute atomic E-state index is 12.7. The molecule has 0 aromatic heterocycles. The molecule has 1 aliphatic rings. The average Bonchev–Trinajstić information content (AvgIpc) is 3.10. The number of amides is 2. The number of nitrogens with one attached hydrogen (secondary N) is 1. The van der Waals surface area contributed by atoms with E-state index in [1.165, 1.54) is 12.0 Å². The second-order valence-electron chi connectivity index (χ2n) is 6.25. The van der Waals surface area contributed by atoms with Crippen LogP contribution in [-0.2, 0) is 25.5 Å². The van der Waals surface area contributed by atoms with Crippen LogP contribution >= 0.6 is 0 Å². The van der Waals surface area contributed by atoms with Gasteiger partial charge >= 0.3 is 5.97 Å². The lowest BCUT2D eigenvalue weighted by Gasteiger charge is -2.27. The summed E-state index contributed by atoms with van der Waals surface area (Å²) in [7, 11) is 1.29. The SMILES string of the molecule is COC(=O)[C@H](Cc1ccccc1)NC(=O)[C@@H]1CCCN1C(=O)[C@H](C)N. The van der Waals surface area contributed by atoms with Crippen molar-refractivity contribution >= 4 is 17.8 Å². The Kier molecular flexibility index (Phi) is 6.52. The van der Waals surface area contributed by atoms with Crippen LogP contribution in [0.5, 0.6) is 0 Å². The van der Waals surface area contributed by atoms with Gasteiger partial charge in [-0.1, -0.05) is 30.3 Å². The first kappa shape index (κ1) is 18.9. The average molecular weight is 347 g/mol. The number of nitrogens with two attached hydrogens (primary N) is 1. The summed E-state index contributed by atoms with van der Waals surface area (Å²) in [5.41, 5.74) is 6.56. The lowest BCUT2D eigenvalue weighted by molar-refractivity contribution is -0.146. The molecule has 2 amide bonds. The number of rotatable bonds is 6. The number of ether oxygens (including phenoxy) is 1. The number of carbonyl (C=O) groups is 3. The van der Waals surface area contributed by atoms with Gasteiger partial charge in [0, 0.05) is 13.0 Å². The maximum atomic E-state index is 12.7. The molecule has 0 bridgehead atoms. The van der Waals surface area contributed by atoms with Crippen molar-refractivity contribution < 1.29 is 19.1 Å². The summed E-state index contributed by atoms with van der Waals surface area (Å²) in [5.74, 6) is -1.12. The molecule has 0 saturated carbocycles. The van der Waals surface area contributed by atoms with E-state index in [1.54, 1.807) is 6.92 Å². The lowest BCUT2D eigenvalue weighted by Crippen LogP contribution is -2.54. The number of likely N-dealkylation sites (tertiary alicyclic amines) is 1. The Morgan fingerprint density at radius 3 is 2.60 bits per heavy atom. The highest BCUT2D eigenvalue weighted by molar-refractivity contribution is 5.92. The monoisotopic (exact) mass is 347 g/mol. The third kappa shape index (κ3) is 4.79. The van der Waals surface area contributed by atoms with Crippen molar-refractivity contribution in [2.75, 3.05) is 13.7 Å². The molecule has 0 spiro atoms. The zero-order chi connectivity index (χ0) is 18.4. The van der Waals surface area contributed by atoms with Gasteiger partial charge in [0.05, 0.1) is 13.2 Å². The summed E-state index contributed by atoms with van der Waals surface area (Å²) in [6, 6.07) is 7.32. The highest BCUT2D eigenvalue weighted by atomic mass is 16.5. The van der Waals surface area contributed by atoms with Gasteiger partial charge in [-0.3, -0.25) is 9.59 Å². The third-order valence-corrected chi connectivity index (χ3v) is 4.31. The number of esters is 1. The number of hydrogen-bond acceptors (Lipinski definition) is 5. The van der Waals surface area contributed by atoms with Crippen molar-refractivity contribution in [1.29, 1.82) is 0 Å². The summed E-state index contributed by atoms with van der Waals surface area (Å²) < 4.78 is 4.81. The summed E-state index contributed by atoms with van der Waals surface area (Å²) in [5, 5.41) is 2.73. The molecule has 3 atom stereocenters. The Morgan fingerprint density at radius 1 is 1.32 bits per heavy atom. The minimum absolute atomic E-state index is 0.254. The standard InChI is InChI=1S/C18H25N3O4/c1-12(19)17(23)21-10-6-9-15(21)16(22)20-14(18(24)25-2)11-13-7-4-3-5-8-13/h3-5,7-8,12,14-15H,6,9-11,19H2,1-2H3,(H,20,22)/t12-,14-,15-/m0/s1. The molecule has 7 heteroatoms. The van der Waals surface area contributed by atoms with Gasteiger partial charge in [0.15, 0.2) is 0 Å². The number of nitrogens with zero attached hydrogens (tertiary/aromatic N) is 1. The fraction of sp³-hybridized carbons (Fsp3) is 0.500. The second kappa shape index (κ2) is 8.62. The number of methoxy groups -OCH3 is 1. The number of hydrogen-bond donors (Lipinski definition) is 2. The van der Waals surface area contributed by atoms with Crippen LogP contribution in [0.2, 0.25) is 0 Å². The Bertz CT molecular complexity index is 618. The van der Waals surface area contributed by atoms with E-state index in [0.717, 1.165) is 12.0 Å². The van der Waals surface area contributed by atoms with Crippen LogP contribution in [0.15, 0.2) is 30.3 Å². The molecule has 0 unspecified atom stereocenters. The van der Waals surface area contributed by atoms with E-state index >= 15 is 0 Å². The maximum Gasteiger partial charge on any atom is 0.328 e. The molecule has 7 nitrogen and oxygen atoms in total. The van der Waals surface area contributed by atoms with Crippen LogP contribution in [-0.4, -0.2) is 54.5 Å².